The molecule has 23 heavy (non-hydrogen) atoms. The molecule has 0 fully saturated rings. The van der Waals surface area contributed by atoms with Crippen molar-refractivity contribution >= 4 is 5.91 Å². The summed E-state index contributed by atoms with van der Waals surface area (Å²) < 4.78 is 5.37. The van der Waals surface area contributed by atoms with Gasteiger partial charge in [0.25, 0.3) is 5.91 Å². The standard InChI is InChI=1S/C19H22N2O2/c1-19(2,3)15-9-7-14(8-10-15)17-13-16(20-23-17)18(22)21-11-5-4-6-12-21/h4-5,7-10,13H,6,11-12H2,1-3H3. The van der Waals surface area contributed by atoms with Gasteiger partial charge in [-0.05, 0) is 17.4 Å². The molecule has 0 bridgehead atoms. The minimum atomic E-state index is -0.0735. The van der Waals surface area contributed by atoms with E-state index in [0.29, 0.717) is 18.0 Å². The number of hydrogen-bond acceptors (Lipinski definition) is 3. The zero-order chi connectivity index (χ0) is 16.4. The van der Waals surface area contributed by atoms with E-state index < -0.39 is 0 Å². The molecule has 4 heteroatoms. The maximum atomic E-state index is 12.4. The molecule has 1 aliphatic rings. The Morgan fingerprint density at radius 3 is 2.52 bits per heavy atom. The van der Waals surface area contributed by atoms with Crippen LogP contribution in [-0.2, 0) is 5.41 Å². The van der Waals surface area contributed by atoms with E-state index in [0.717, 1.165) is 18.5 Å². The van der Waals surface area contributed by atoms with Gasteiger partial charge in [0.15, 0.2) is 11.5 Å². The van der Waals surface area contributed by atoms with Gasteiger partial charge in [-0.3, -0.25) is 4.79 Å². The van der Waals surface area contributed by atoms with E-state index in [1.54, 1.807) is 11.0 Å². The highest BCUT2D eigenvalue weighted by Crippen LogP contribution is 2.26. The lowest BCUT2D eigenvalue weighted by Crippen LogP contribution is -2.33. The Morgan fingerprint density at radius 2 is 1.91 bits per heavy atom. The van der Waals surface area contributed by atoms with Crippen LogP contribution in [0.1, 0.15) is 43.2 Å². The van der Waals surface area contributed by atoms with Crippen molar-refractivity contribution in [3.63, 3.8) is 0 Å². The van der Waals surface area contributed by atoms with Gasteiger partial charge in [-0.15, -0.1) is 0 Å². The van der Waals surface area contributed by atoms with Crippen molar-refractivity contribution in [3.05, 3.63) is 53.7 Å². The predicted octanol–water partition coefficient (Wildman–Crippen LogP) is 4.04. The Labute approximate surface area is 136 Å². The lowest BCUT2D eigenvalue weighted by Gasteiger charge is -2.21. The van der Waals surface area contributed by atoms with Crippen molar-refractivity contribution in [1.29, 1.82) is 0 Å². The van der Waals surface area contributed by atoms with Crippen LogP contribution in [0.3, 0.4) is 0 Å². The summed E-state index contributed by atoms with van der Waals surface area (Å²) in [7, 11) is 0. The first-order chi connectivity index (χ1) is 10.9. The van der Waals surface area contributed by atoms with Crippen LogP contribution in [0.4, 0.5) is 0 Å². The van der Waals surface area contributed by atoms with E-state index in [1.165, 1.54) is 5.56 Å². The van der Waals surface area contributed by atoms with Crippen LogP contribution < -0.4 is 0 Å². The molecule has 1 aromatic heterocycles. The molecule has 2 aromatic rings. The molecule has 0 spiro atoms. The summed E-state index contributed by atoms with van der Waals surface area (Å²) in [4.78, 5) is 14.2. The first kappa shape index (κ1) is 15.5. The highest BCUT2D eigenvalue weighted by Gasteiger charge is 2.21. The molecule has 0 aliphatic carbocycles. The second-order valence-electron chi connectivity index (χ2n) is 6.92. The average molecular weight is 310 g/mol. The number of amides is 1. The number of carbonyl (C=O) groups excluding carboxylic acids is 1. The second kappa shape index (κ2) is 6.03. The summed E-state index contributed by atoms with van der Waals surface area (Å²) in [6.45, 7) is 7.92. The van der Waals surface area contributed by atoms with Gasteiger partial charge in [0.05, 0.1) is 0 Å². The summed E-state index contributed by atoms with van der Waals surface area (Å²) in [5.74, 6) is 0.553. The van der Waals surface area contributed by atoms with Crippen molar-refractivity contribution in [3.8, 4) is 11.3 Å². The molecule has 2 heterocycles. The highest BCUT2D eigenvalue weighted by molar-refractivity contribution is 5.93. The molecule has 0 N–H and O–H groups in total. The van der Waals surface area contributed by atoms with E-state index in [4.69, 9.17) is 4.52 Å². The van der Waals surface area contributed by atoms with E-state index in [-0.39, 0.29) is 11.3 Å². The van der Waals surface area contributed by atoms with Crippen LogP contribution in [0.5, 0.6) is 0 Å². The number of nitrogens with zero attached hydrogens (tertiary/aromatic N) is 2. The summed E-state index contributed by atoms with van der Waals surface area (Å²) in [6.07, 6.45) is 4.99. The van der Waals surface area contributed by atoms with E-state index in [1.807, 2.05) is 18.2 Å². The molecule has 0 radical (unpaired) electrons. The quantitative estimate of drug-likeness (QED) is 0.786. The highest BCUT2D eigenvalue weighted by atomic mass is 16.5. The van der Waals surface area contributed by atoms with E-state index in [9.17, 15) is 4.79 Å². The first-order valence-corrected chi connectivity index (χ1v) is 7.97. The molecule has 1 aliphatic heterocycles. The van der Waals surface area contributed by atoms with Crippen LogP contribution in [-0.4, -0.2) is 29.1 Å². The monoisotopic (exact) mass is 310 g/mol. The van der Waals surface area contributed by atoms with Crippen LogP contribution >= 0.6 is 0 Å². The van der Waals surface area contributed by atoms with Crippen LogP contribution in [0, 0.1) is 0 Å². The normalized spacial score (nSPS) is 15.0. The molecule has 3 rings (SSSR count). The van der Waals surface area contributed by atoms with Gasteiger partial charge in [0.1, 0.15) is 0 Å². The topological polar surface area (TPSA) is 46.3 Å². The van der Waals surface area contributed by atoms with Crippen molar-refractivity contribution in [2.75, 3.05) is 13.1 Å². The molecular weight excluding hydrogens is 288 g/mol. The number of carbonyl (C=O) groups is 1. The maximum Gasteiger partial charge on any atom is 0.276 e. The molecule has 0 atom stereocenters. The van der Waals surface area contributed by atoms with E-state index >= 15 is 0 Å². The largest absolute Gasteiger partial charge is 0.355 e. The van der Waals surface area contributed by atoms with E-state index in [2.05, 4.69) is 44.1 Å². The summed E-state index contributed by atoms with van der Waals surface area (Å²) in [5.41, 5.74) is 2.68. The minimum Gasteiger partial charge on any atom is -0.355 e. The molecular formula is C19H22N2O2. The molecule has 120 valence electrons. The third kappa shape index (κ3) is 3.36. The second-order valence-corrected chi connectivity index (χ2v) is 6.92. The van der Waals surface area contributed by atoms with Gasteiger partial charge in [-0.25, -0.2) is 0 Å². The fourth-order valence-electron chi connectivity index (χ4n) is 2.63. The summed E-state index contributed by atoms with van der Waals surface area (Å²) >= 11 is 0. The van der Waals surface area contributed by atoms with Gasteiger partial charge in [0, 0.05) is 24.7 Å². The Kier molecular flexibility index (Phi) is 4.07. The fourth-order valence-corrected chi connectivity index (χ4v) is 2.63. The Bertz CT molecular complexity index is 721. The van der Waals surface area contributed by atoms with Gasteiger partial charge >= 0.3 is 0 Å². The first-order valence-electron chi connectivity index (χ1n) is 7.97. The van der Waals surface area contributed by atoms with Crippen molar-refractivity contribution in [2.24, 2.45) is 0 Å². The smallest absolute Gasteiger partial charge is 0.276 e. The maximum absolute atomic E-state index is 12.4. The zero-order valence-corrected chi connectivity index (χ0v) is 13.9. The third-order valence-electron chi connectivity index (χ3n) is 4.11. The van der Waals surface area contributed by atoms with Crippen LogP contribution in [0.2, 0.25) is 0 Å². The van der Waals surface area contributed by atoms with Crippen LogP contribution in [0.15, 0.2) is 47.0 Å². The van der Waals surface area contributed by atoms with Gasteiger partial charge in [-0.1, -0.05) is 62.3 Å². The lowest BCUT2D eigenvalue weighted by molar-refractivity contribution is 0.0760. The van der Waals surface area contributed by atoms with Gasteiger partial charge in [0.2, 0.25) is 0 Å². The number of hydrogen-bond donors (Lipinski definition) is 0. The lowest BCUT2D eigenvalue weighted by atomic mass is 9.86. The number of benzene rings is 1. The third-order valence-corrected chi connectivity index (χ3v) is 4.11. The molecule has 1 aromatic carbocycles. The average Bonchev–Trinajstić information content (AvgIpc) is 3.04. The fraction of sp³-hybridized carbons (Fsp3) is 0.368. The molecule has 4 nitrogen and oxygen atoms in total. The Balaban J connectivity index is 1.79. The zero-order valence-electron chi connectivity index (χ0n) is 13.9. The van der Waals surface area contributed by atoms with Gasteiger partial charge in [-0.2, -0.15) is 0 Å². The van der Waals surface area contributed by atoms with Crippen LogP contribution in [0.25, 0.3) is 11.3 Å². The minimum absolute atomic E-state index is 0.0735. The van der Waals surface area contributed by atoms with Crippen molar-refractivity contribution in [1.82, 2.24) is 10.1 Å². The number of rotatable bonds is 2. The summed E-state index contributed by atoms with van der Waals surface area (Å²) in [6, 6.07) is 9.94. The molecule has 0 saturated heterocycles. The summed E-state index contributed by atoms with van der Waals surface area (Å²) in [5, 5.41) is 3.95. The Hall–Kier alpha value is -2.36. The van der Waals surface area contributed by atoms with Gasteiger partial charge < -0.3 is 9.42 Å². The number of aromatic nitrogens is 1. The SMILES string of the molecule is CC(C)(C)c1ccc(-c2cc(C(=O)N3CC=CCC3)no2)cc1. The predicted molar refractivity (Wildman–Crippen MR) is 90.3 cm³/mol. The van der Waals surface area contributed by atoms with Crippen molar-refractivity contribution < 1.29 is 9.32 Å². The molecule has 0 saturated carbocycles. The van der Waals surface area contributed by atoms with Crippen molar-refractivity contribution in [2.45, 2.75) is 32.6 Å². The Morgan fingerprint density at radius 1 is 1.17 bits per heavy atom. The molecule has 0 unspecified atom stereocenters. The molecule has 1 amide bonds.